The first-order valence-corrected chi connectivity index (χ1v) is 11.0. The monoisotopic (exact) mass is 420 g/mol. The molecular formula is C24H28N4O3. The van der Waals surface area contributed by atoms with Crippen molar-refractivity contribution in [3.63, 3.8) is 0 Å². The number of amides is 2. The second-order valence-corrected chi connectivity index (χ2v) is 9.03. The van der Waals surface area contributed by atoms with Crippen LogP contribution in [0.1, 0.15) is 62.0 Å². The number of nitrogens with one attached hydrogen (secondary N) is 1. The number of piperazine rings is 1. The van der Waals surface area contributed by atoms with Gasteiger partial charge in [0.1, 0.15) is 6.04 Å². The molecule has 7 heteroatoms. The molecule has 1 aromatic heterocycles. The number of rotatable bonds is 5. The van der Waals surface area contributed by atoms with Crippen LogP contribution in [0.15, 0.2) is 34.9 Å². The summed E-state index contributed by atoms with van der Waals surface area (Å²) in [4.78, 5) is 28.1. The fourth-order valence-electron chi connectivity index (χ4n) is 4.71. The molecule has 1 N–H and O–H groups in total. The summed E-state index contributed by atoms with van der Waals surface area (Å²) in [6, 6.07) is 10.1. The van der Waals surface area contributed by atoms with Crippen LogP contribution in [0.5, 0.6) is 0 Å². The Morgan fingerprint density at radius 1 is 1.29 bits per heavy atom. The lowest BCUT2D eigenvalue weighted by Gasteiger charge is -2.41. The normalized spacial score (nSPS) is 21.9. The van der Waals surface area contributed by atoms with Crippen LogP contribution in [0, 0.1) is 23.2 Å². The number of nitriles is 1. The first-order chi connectivity index (χ1) is 15.0. The maximum Gasteiger partial charge on any atom is 0.276 e. The molecule has 31 heavy (non-hydrogen) atoms. The number of nitrogens with zero attached hydrogens (tertiary/aromatic N) is 3. The highest BCUT2D eigenvalue weighted by atomic mass is 16.5. The lowest BCUT2D eigenvalue weighted by molar-refractivity contribution is -0.130. The second-order valence-electron chi connectivity index (χ2n) is 9.03. The summed E-state index contributed by atoms with van der Waals surface area (Å²) in [7, 11) is 0. The van der Waals surface area contributed by atoms with Crippen LogP contribution >= 0.6 is 0 Å². The van der Waals surface area contributed by atoms with Crippen molar-refractivity contribution in [1.29, 1.82) is 5.26 Å². The molecule has 2 heterocycles. The van der Waals surface area contributed by atoms with Crippen LogP contribution in [0.2, 0.25) is 0 Å². The van der Waals surface area contributed by atoms with E-state index in [-0.39, 0.29) is 29.5 Å². The van der Waals surface area contributed by atoms with Gasteiger partial charge < -0.3 is 14.7 Å². The minimum Gasteiger partial charge on any atom is -0.355 e. The molecule has 1 aliphatic carbocycles. The smallest absolute Gasteiger partial charge is 0.276 e. The van der Waals surface area contributed by atoms with Crippen molar-refractivity contribution < 1.29 is 14.1 Å². The molecule has 2 amide bonds. The average Bonchev–Trinajstić information content (AvgIpc) is 3.47. The zero-order valence-corrected chi connectivity index (χ0v) is 18.0. The maximum absolute atomic E-state index is 13.4. The number of carbonyl (C=O) groups is 2. The predicted molar refractivity (Wildman–Crippen MR) is 115 cm³/mol. The van der Waals surface area contributed by atoms with Crippen molar-refractivity contribution in [2.75, 3.05) is 6.54 Å². The fourth-order valence-corrected chi connectivity index (χ4v) is 4.71. The highest BCUT2D eigenvalue weighted by molar-refractivity contribution is 5.97. The first-order valence-electron chi connectivity index (χ1n) is 11.0. The van der Waals surface area contributed by atoms with Gasteiger partial charge in [0.25, 0.3) is 5.91 Å². The quantitative estimate of drug-likeness (QED) is 0.794. The number of carbonyl (C=O) groups excluding carboxylic acids is 2. The van der Waals surface area contributed by atoms with Crippen molar-refractivity contribution >= 4 is 11.8 Å². The zero-order valence-electron chi connectivity index (χ0n) is 18.0. The largest absolute Gasteiger partial charge is 0.355 e. The van der Waals surface area contributed by atoms with E-state index in [9.17, 15) is 9.59 Å². The predicted octanol–water partition coefficient (Wildman–Crippen LogP) is 3.76. The lowest BCUT2D eigenvalue weighted by Crippen LogP contribution is -2.63. The minimum atomic E-state index is -0.500. The van der Waals surface area contributed by atoms with Gasteiger partial charge in [0.15, 0.2) is 11.5 Å². The Hall–Kier alpha value is -3.14. The molecule has 0 spiro atoms. The van der Waals surface area contributed by atoms with Gasteiger partial charge in [-0.15, -0.1) is 0 Å². The molecule has 4 rings (SSSR count). The Balaban J connectivity index is 1.58. The number of hydrogen-bond acceptors (Lipinski definition) is 5. The maximum atomic E-state index is 13.4. The highest BCUT2D eigenvalue weighted by Crippen LogP contribution is 2.31. The molecule has 1 saturated carbocycles. The molecule has 2 atom stereocenters. The molecular weight excluding hydrogens is 392 g/mol. The van der Waals surface area contributed by atoms with Gasteiger partial charge in [0, 0.05) is 24.2 Å². The van der Waals surface area contributed by atoms with E-state index in [0.29, 0.717) is 30.2 Å². The Labute approximate surface area is 182 Å². The van der Waals surface area contributed by atoms with E-state index < -0.39 is 6.04 Å². The summed E-state index contributed by atoms with van der Waals surface area (Å²) in [6.07, 6.45) is 5.15. The number of aromatic nitrogens is 1. The Morgan fingerprint density at radius 3 is 2.65 bits per heavy atom. The molecule has 7 nitrogen and oxygen atoms in total. The third kappa shape index (κ3) is 4.48. The standard InChI is InChI=1S/C24H28N4O3/c1-15(2)11-21-23(29)26-20(17-5-3-4-6-17)14-28(21)24(30)19-12-22(31-27-19)18-9-7-16(13-25)8-10-18/h7-10,12,15,17,20-21H,3-6,11,14H2,1-2H3,(H,26,29)/t20-,21+/m1/s1. The summed E-state index contributed by atoms with van der Waals surface area (Å²) < 4.78 is 5.43. The summed E-state index contributed by atoms with van der Waals surface area (Å²) in [5.41, 5.74) is 1.49. The molecule has 2 aliphatic rings. The summed E-state index contributed by atoms with van der Waals surface area (Å²) in [5, 5.41) is 16.2. The van der Waals surface area contributed by atoms with Gasteiger partial charge in [-0.1, -0.05) is 31.8 Å². The molecule has 0 radical (unpaired) electrons. The summed E-state index contributed by atoms with van der Waals surface area (Å²) in [5.74, 6) is 0.821. The van der Waals surface area contributed by atoms with Crippen LogP contribution in [-0.2, 0) is 4.79 Å². The van der Waals surface area contributed by atoms with Crippen LogP contribution in [0.25, 0.3) is 11.3 Å². The van der Waals surface area contributed by atoms with Gasteiger partial charge in [-0.3, -0.25) is 9.59 Å². The number of hydrogen-bond donors (Lipinski definition) is 1. The van der Waals surface area contributed by atoms with E-state index in [1.165, 1.54) is 12.8 Å². The van der Waals surface area contributed by atoms with Crippen LogP contribution < -0.4 is 5.32 Å². The SMILES string of the molecule is CC(C)C[C@H]1C(=O)N[C@@H](C2CCCC2)CN1C(=O)c1cc(-c2ccc(C#N)cc2)on1. The van der Waals surface area contributed by atoms with E-state index in [4.69, 9.17) is 9.78 Å². The second kappa shape index (κ2) is 8.93. The van der Waals surface area contributed by atoms with Crippen molar-refractivity contribution in [3.8, 4) is 17.4 Å². The van der Waals surface area contributed by atoms with Gasteiger partial charge in [0.2, 0.25) is 5.91 Å². The van der Waals surface area contributed by atoms with E-state index in [0.717, 1.165) is 18.4 Å². The lowest BCUT2D eigenvalue weighted by atomic mass is 9.91. The molecule has 0 unspecified atom stereocenters. The van der Waals surface area contributed by atoms with Crippen molar-refractivity contribution in [2.24, 2.45) is 11.8 Å². The molecule has 2 aromatic rings. The molecule has 0 bridgehead atoms. The van der Waals surface area contributed by atoms with Gasteiger partial charge in [-0.25, -0.2) is 0 Å². The molecule has 162 valence electrons. The zero-order chi connectivity index (χ0) is 22.0. The number of benzene rings is 1. The average molecular weight is 421 g/mol. The van der Waals surface area contributed by atoms with E-state index in [1.54, 1.807) is 35.2 Å². The Morgan fingerprint density at radius 2 is 2.00 bits per heavy atom. The van der Waals surface area contributed by atoms with E-state index in [2.05, 4.69) is 30.4 Å². The van der Waals surface area contributed by atoms with Crippen LogP contribution in [0.3, 0.4) is 0 Å². The first kappa shape index (κ1) is 21.1. The van der Waals surface area contributed by atoms with Crippen molar-refractivity contribution in [3.05, 3.63) is 41.6 Å². The van der Waals surface area contributed by atoms with E-state index >= 15 is 0 Å². The minimum absolute atomic E-state index is 0.00717. The van der Waals surface area contributed by atoms with Gasteiger partial charge in [-0.05, 0) is 55.4 Å². The summed E-state index contributed by atoms with van der Waals surface area (Å²) in [6.45, 7) is 4.61. The fraction of sp³-hybridized carbons (Fsp3) is 0.500. The van der Waals surface area contributed by atoms with E-state index in [1.807, 2.05) is 0 Å². The highest BCUT2D eigenvalue weighted by Gasteiger charge is 2.41. The van der Waals surface area contributed by atoms with Gasteiger partial charge in [0.05, 0.1) is 11.6 Å². The van der Waals surface area contributed by atoms with Crippen LogP contribution in [0.4, 0.5) is 0 Å². The topological polar surface area (TPSA) is 99.2 Å². The molecule has 1 aliphatic heterocycles. The molecule has 1 aromatic carbocycles. The van der Waals surface area contributed by atoms with Crippen LogP contribution in [-0.4, -0.2) is 40.5 Å². The molecule has 1 saturated heterocycles. The Kier molecular flexibility index (Phi) is 6.08. The summed E-state index contributed by atoms with van der Waals surface area (Å²) >= 11 is 0. The van der Waals surface area contributed by atoms with Crippen molar-refractivity contribution in [2.45, 2.75) is 58.0 Å². The third-order valence-corrected chi connectivity index (χ3v) is 6.35. The Bertz CT molecular complexity index is 983. The van der Waals surface area contributed by atoms with Gasteiger partial charge in [-0.2, -0.15) is 5.26 Å². The van der Waals surface area contributed by atoms with Crippen molar-refractivity contribution in [1.82, 2.24) is 15.4 Å². The molecule has 2 fully saturated rings. The van der Waals surface area contributed by atoms with Gasteiger partial charge >= 0.3 is 0 Å². The third-order valence-electron chi connectivity index (χ3n) is 6.35.